The van der Waals surface area contributed by atoms with Gasteiger partial charge in [0.05, 0.1) is 6.10 Å². The zero-order valence-corrected chi connectivity index (χ0v) is 8.58. The number of ether oxygens (including phenoxy) is 1. The third kappa shape index (κ3) is 6.28. The van der Waals surface area contributed by atoms with Gasteiger partial charge in [0.1, 0.15) is 6.54 Å². The first-order valence-electron chi connectivity index (χ1n) is 3.08. The minimum atomic E-state index is -0.174. The maximum atomic E-state index is 10.8. The summed E-state index contributed by atoms with van der Waals surface area (Å²) in [5, 5.41) is 0. The Morgan fingerprint density at radius 3 is 2.50 bits per heavy atom. The molecular weight excluding hydrogens is 245 g/mol. The zero-order chi connectivity index (χ0) is 8.15. The minimum Gasteiger partial charge on any atom is -0.462 e. The molecule has 0 bridgehead atoms. The second-order valence-electron chi connectivity index (χ2n) is 2.30. The number of halogens is 1. The number of hydrogen-bond acceptors (Lipinski definition) is 3. The molecule has 0 radical (unpaired) electrons. The van der Waals surface area contributed by atoms with Crippen LogP contribution in [0, 0.1) is 0 Å². The van der Waals surface area contributed by atoms with E-state index in [1.54, 1.807) is 3.11 Å². The molecule has 0 aliphatic carbocycles. The predicted molar refractivity (Wildman–Crippen MR) is 47.9 cm³/mol. The Hall–Kier alpha value is 0.160. The van der Waals surface area contributed by atoms with Crippen LogP contribution in [0.5, 0.6) is 0 Å². The fourth-order valence-electron chi connectivity index (χ4n) is 0.478. The molecule has 0 saturated heterocycles. The van der Waals surface area contributed by atoms with Crippen LogP contribution in [0.3, 0.4) is 0 Å². The van der Waals surface area contributed by atoms with Gasteiger partial charge >= 0.3 is 5.97 Å². The van der Waals surface area contributed by atoms with Gasteiger partial charge in [-0.25, -0.2) is 3.11 Å². The van der Waals surface area contributed by atoms with E-state index in [1.165, 1.54) is 0 Å². The van der Waals surface area contributed by atoms with Gasteiger partial charge in [-0.05, 0) is 20.9 Å². The molecule has 0 unspecified atom stereocenters. The molecule has 3 nitrogen and oxygen atoms in total. The van der Waals surface area contributed by atoms with Crippen molar-refractivity contribution in [3.63, 3.8) is 0 Å². The van der Waals surface area contributed by atoms with Crippen LogP contribution in [-0.4, -0.2) is 28.8 Å². The van der Waals surface area contributed by atoms with Crippen molar-refractivity contribution in [3.05, 3.63) is 0 Å². The Balaban J connectivity index is 3.44. The highest BCUT2D eigenvalue weighted by molar-refractivity contribution is 14.1. The molecule has 10 heavy (non-hydrogen) atoms. The van der Waals surface area contributed by atoms with E-state index in [0.717, 1.165) is 0 Å². The van der Waals surface area contributed by atoms with Crippen LogP contribution in [0.25, 0.3) is 0 Å². The summed E-state index contributed by atoms with van der Waals surface area (Å²) in [6, 6.07) is 0. The van der Waals surface area contributed by atoms with Crippen molar-refractivity contribution < 1.29 is 9.53 Å². The standard InChI is InChI=1S/C6H12INO2/c1-5(2)10-6(9)4-8(3)7/h5H,4H2,1-3H3. The summed E-state index contributed by atoms with van der Waals surface area (Å²) in [6.45, 7) is 4.02. The summed E-state index contributed by atoms with van der Waals surface area (Å²) in [5.74, 6) is -0.174. The second kappa shape index (κ2) is 4.90. The Kier molecular flexibility index (Phi) is 4.98. The van der Waals surface area contributed by atoms with Crippen molar-refractivity contribution in [2.24, 2.45) is 0 Å². The average Bonchev–Trinajstić information content (AvgIpc) is 1.58. The van der Waals surface area contributed by atoms with Gasteiger partial charge in [-0.15, -0.1) is 0 Å². The lowest BCUT2D eigenvalue weighted by Gasteiger charge is -2.09. The second-order valence-corrected chi connectivity index (χ2v) is 3.95. The van der Waals surface area contributed by atoms with Gasteiger partial charge in [-0.3, -0.25) is 4.79 Å². The monoisotopic (exact) mass is 257 g/mol. The molecule has 0 aromatic rings. The van der Waals surface area contributed by atoms with E-state index in [9.17, 15) is 4.79 Å². The van der Waals surface area contributed by atoms with Gasteiger partial charge < -0.3 is 4.74 Å². The number of likely N-dealkylation sites (N-methyl/N-ethyl adjacent to an activating group) is 1. The van der Waals surface area contributed by atoms with Gasteiger partial charge in [-0.2, -0.15) is 0 Å². The van der Waals surface area contributed by atoms with Crippen molar-refractivity contribution in [2.75, 3.05) is 13.6 Å². The molecule has 0 fully saturated rings. The van der Waals surface area contributed by atoms with Crippen LogP contribution in [0.1, 0.15) is 13.8 Å². The number of carbonyl (C=O) groups is 1. The van der Waals surface area contributed by atoms with Crippen molar-refractivity contribution in [1.82, 2.24) is 3.11 Å². The fraction of sp³-hybridized carbons (Fsp3) is 0.833. The lowest BCUT2D eigenvalue weighted by molar-refractivity contribution is -0.147. The molecule has 0 heterocycles. The number of nitrogens with zero attached hydrogens (tertiary/aromatic N) is 1. The Labute approximate surface area is 75.2 Å². The molecule has 60 valence electrons. The molecule has 0 amide bonds. The molecule has 0 saturated carbocycles. The van der Waals surface area contributed by atoms with Crippen LogP contribution >= 0.6 is 22.9 Å². The topological polar surface area (TPSA) is 29.5 Å². The molecular formula is C6H12INO2. The highest BCUT2D eigenvalue weighted by Gasteiger charge is 2.06. The van der Waals surface area contributed by atoms with E-state index in [0.29, 0.717) is 6.54 Å². The van der Waals surface area contributed by atoms with E-state index in [2.05, 4.69) is 0 Å². The lowest BCUT2D eigenvalue weighted by Crippen LogP contribution is -2.22. The fourth-order valence-corrected chi connectivity index (χ4v) is 0.757. The Bertz CT molecular complexity index is 102. The first-order chi connectivity index (χ1) is 4.52. The summed E-state index contributed by atoms with van der Waals surface area (Å²) >= 11 is 2.04. The van der Waals surface area contributed by atoms with Gasteiger partial charge in [0, 0.05) is 22.9 Å². The first-order valence-corrected chi connectivity index (χ1v) is 4.05. The van der Waals surface area contributed by atoms with Crippen molar-refractivity contribution in [1.29, 1.82) is 0 Å². The zero-order valence-electron chi connectivity index (χ0n) is 6.43. The number of esters is 1. The number of carbonyl (C=O) groups excluding carboxylic acids is 1. The van der Waals surface area contributed by atoms with E-state index in [-0.39, 0.29) is 12.1 Å². The van der Waals surface area contributed by atoms with E-state index in [4.69, 9.17) is 4.74 Å². The van der Waals surface area contributed by atoms with Gasteiger partial charge in [0.25, 0.3) is 0 Å². The SMILES string of the molecule is CC(C)OC(=O)CN(C)I. The molecule has 0 N–H and O–H groups in total. The first kappa shape index (κ1) is 10.2. The Morgan fingerprint density at radius 2 is 2.20 bits per heavy atom. The van der Waals surface area contributed by atoms with E-state index >= 15 is 0 Å². The lowest BCUT2D eigenvalue weighted by atomic mass is 10.5. The predicted octanol–water partition coefficient (Wildman–Crippen LogP) is 1.22. The molecule has 0 aromatic carbocycles. The molecule has 0 atom stereocenters. The third-order valence-electron chi connectivity index (χ3n) is 0.714. The summed E-state index contributed by atoms with van der Waals surface area (Å²) < 4.78 is 6.63. The van der Waals surface area contributed by atoms with E-state index < -0.39 is 0 Å². The number of rotatable bonds is 3. The normalized spacial score (nSPS) is 10.6. The highest BCUT2D eigenvalue weighted by atomic mass is 127. The molecule has 0 aliphatic heterocycles. The summed E-state index contributed by atoms with van der Waals surface area (Å²) in [6.07, 6.45) is -0.0103. The van der Waals surface area contributed by atoms with Gasteiger partial charge in [0.15, 0.2) is 0 Å². The van der Waals surface area contributed by atoms with Gasteiger partial charge in [0.2, 0.25) is 0 Å². The minimum absolute atomic E-state index is 0.0103. The highest BCUT2D eigenvalue weighted by Crippen LogP contribution is 1.95. The van der Waals surface area contributed by atoms with Crippen LogP contribution in [0.2, 0.25) is 0 Å². The van der Waals surface area contributed by atoms with E-state index in [1.807, 2.05) is 43.8 Å². The molecule has 0 aliphatic rings. The van der Waals surface area contributed by atoms with Crippen LogP contribution in [0.4, 0.5) is 0 Å². The van der Waals surface area contributed by atoms with Crippen molar-refractivity contribution >= 4 is 28.8 Å². The van der Waals surface area contributed by atoms with Crippen molar-refractivity contribution in [2.45, 2.75) is 20.0 Å². The average molecular weight is 257 g/mol. The van der Waals surface area contributed by atoms with Crippen LogP contribution < -0.4 is 0 Å². The third-order valence-corrected chi connectivity index (χ3v) is 1.06. The van der Waals surface area contributed by atoms with Gasteiger partial charge in [-0.1, -0.05) is 0 Å². The number of hydrogen-bond donors (Lipinski definition) is 0. The smallest absolute Gasteiger partial charge is 0.321 e. The summed E-state index contributed by atoms with van der Waals surface area (Å²) in [7, 11) is 1.82. The van der Waals surface area contributed by atoms with Crippen LogP contribution in [-0.2, 0) is 9.53 Å². The largest absolute Gasteiger partial charge is 0.462 e. The summed E-state index contributed by atoms with van der Waals surface area (Å²) in [4.78, 5) is 10.8. The molecule has 4 heteroatoms. The summed E-state index contributed by atoms with van der Waals surface area (Å²) in [5.41, 5.74) is 0. The van der Waals surface area contributed by atoms with Crippen molar-refractivity contribution in [3.8, 4) is 0 Å². The molecule has 0 aromatic heterocycles. The van der Waals surface area contributed by atoms with Crippen LogP contribution in [0.15, 0.2) is 0 Å². The maximum Gasteiger partial charge on any atom is 0.321 e. The molecule has 0 rings (SSSR count). The quantitative estimate of drug-likeness (QED) is 0.432. The maximum absolute atomic E-state index is 10.8. The Morgan fingerprint density at radius 1 is 1.70 bits per heavy atom. The molecule has 0 spiro atoms.